The van der Waals surface area contributed by atoms with Gasteiger partial charge >= 0.3 is 0 Å². The van der Waals surface area contributed by atoms with Crippen molar-refractivity contribution >= 4 is 23.4 Å². The second-order valence-corrected chi connectivity index (χ2v) is 8.00. The minimum atomic E-state index is -0.612. The molecule has 0 aliphatic carbocycles. The summed E-state index contributed by atoms with van der Waals surface area (Å²) in [6, 6.07) is 17.9. The number of anilines is 1. The number of hydrogen-bond donors (Lipinski definition) is 2. The van der Waals surface area contributed by atoms with Crippen LogP contribution in [0.1, 0.15) is 27.3 Å². The molecule has 0 spiro atoms. The number of aromatic nitrogens is 1. The second kappa shape index (κ2) is 7.43. The van der Waals surface area contributed by atoms with Gasteiger partial charge in [0, 0.05) is 25.8 Å². The Morgan fingerprint density at radius 1 is 1.03 bits per heavy atom. The minimum Gasteiger partial charge on any atom is -0.347 e. The van der Waals surface area contributed by atoms with Crippen LogP contribution in [0.5, 0.6) is 0 Å². The van der Waals surface area contributed by atoms with Gasteiger partial charge in [0.2, 0.25) is 5.91 Å². The maximum Gasteiger partial charge on any atom is 0.268 e. The third-order valence-corrected chi connectivity index (χ3v) is 5.99. The van der Waals surface area contributed by atoms with Crippen molar-refractivity contribution < 1.29 is 14.4 Å². The maximum absolute atomic E-state index is 13.4. The van der Waals surface area contributed by atoms with Crippen LogP contribution >= 0.6 is 0 Å². The van der Waals surface area contributed by atoms with E-state index in [9.17, 15) is 14.4 Å². The van der Waals surface area contributed by atoms with Crippen molar-refractivity contribution in [2.24, 2.45) is 7.05 Å². The molecule has 7 nitrogen and oxygen atoms in total. The molecule has 3 aromatic rings. The van der Waals surface area contributed by atoms with Gasteiger partial charge in [-0.25, -0.2) is 0 Å². The summed E-state index contributed by atoms with van der Waals surface area (Å²) in [6.45, 7) is 0.294. The molecule has 5 rings (SSSR count). The van der Waals surface area contributed by atoms with Crippen LogP contribution in [0.15, 0.2) is 66.9 Å². The Hall–Kier alpha value is -3.87. The van der Waals surface area contributed by atoms with Gasteiger partial charge in [-0.1, -0.05) is 36.4 Å². The Labute approximate surface area is 179 Å². The summed E-state index contributed by atoms with van der Waals surface area (Å²) in [5.41, 5.74) is 3.43. The molecule has 2 aliphatic rings. The first kappa shape index (κ1) is 19.1. The number of hydrogen-bond acceptors (Lipinski definition) is 3. The molecule has 2 atom stereocenters. The zero-order valence-corrected chi connectivity index (χ0v) is 17.0. The van der Waals surface area contributed by atoms with Gasteiger partial charge < -0.3 is 20.1 Å². The second-order valence-electron chi connectivity index (χ2n) is 8.00. The molecule has 7 heteroatoms. The zero-order chi connectivity index (χ0) is 21.5. The fraction of sp³-hybridized carbons (Fsp3) is 0.208. The van der Waals surface area contributed by atoms with Crippen LogP contribution in [0.2, 0.25) is 0 Å². The van der Waals surface area contributed by atoms with Gasteiger partial charge in [0.25, 0.3) is 11.8 Å². The average Bonchev–Trinajstić information content (AvgIpc) is 3.38. The summed E-state index contributed by atoms with van der Waals surface area (Å²) < 4.78 is 1.74. The molecule has 3 heterocycles. The van der Waals surface area contributed by atoms with E-state index in [1.807, 2.05) is 42.5 Å². The van der Waals surface area contributed by atoms with Crippen LogP contribution in [0.3, 0.4) is 0 Å². The van der Waals surface area contributed by atoms with E-state index in [1.165, 1.54) is 0 Å². The minimum absolute atomic E-state index is 0.202. The SMILES string of the molecule is Cn1cccc1C(=O)N[C@H]1C[C@H]2C(=O)Nc3ccc(-c4ccccc4)cc3C(=O)N2C1. The van der Waals surface area contributed by atoms with Crippen LogP contribution in [-0.4, -0.2) is 45.8 Å². The van der Waals surface area contributed by atoms with Crippen molar-refractivity contribution in [3.05, 3.63) is 78.1 Å². The van der Waals surface area contributed by atoms with Crippen LogP contribution in [0.25, 0.3) is 11.1 Å². The molecular weight excluding hydrogens is 392 g/mol. The lowest BCUT2D eigenvalue weighted by Gasteiger charge is -2.20. The molecule has 1 fully saturated rings. The van der Waals surface area contributed by atoms with Gasteiger partial charge in [-0.15, -0.1) is 0 Å². The molecule has 156 valence electrons. The van der Waals surface area contributed by atoms with E-state index in [0.717, 1.165) is 11.1 Å². The van der Waals surface area contributed by atoms with Crippen LogP contribution < -0.4 is 10.6 Å². The van der Waals surface area contributed by atoms with Gasteiger partial charge in [-0.2, -0.15) is 0 Å². The summed E-state index contributed by atoms with van der Waals surface area (Å²) in [5.74, 6) is -0.642. The molecule has 0 saturated carbocycles. The van der Waals surface area contributed by atoms with Crippen molar-refractivity contribution in [1.29, 1.82) is 0 Å². The summed E-state index contributed by atoms with van der Waals surface area (Å²) in [7, 11) is 1.80. The molecule has 2 aromatic carbocycles. The van der Waals surface area contributed by atoms with E-state index in [-0.39, 0.29) is 23.8 Å². The zero-order valence-electron chi connectivity index (χ0n) is 17.0. The van der Waals surface area contributed by atoms with Crippen molar-refractivity contribution in [3.8, 4) is 11.1 Å². The Kier molecular flexibility index (Phi) is 4.58. The van der Waals surface area contributed by atoms with Gasteiger partial charge in [0.15, 0.2) is 0 Å². The fourth-order valence-electron chi connectivity index (χ4n) is 4.38. The first-order valence-corrected chi connectivity index (χ1v) is 10.2. The summed E-state index contributed by atoms with van der Waals surface area (Å²) in [6.07, 6.45) is 2.18. The van der Waals surface area contributed by atoms with Gasteiger partial charge in [-0.3, -0.25) is 14.4 Å². The number of rotatable bonds is 3. The number of nitrogens with one attached hydrogen (secondary N) is 2. The number of nitrogens with zero attached hydrogens (tertiary/aromatic N) is 2. The monoisotopic (exact) mass is 414 g/mol. The summed E-state index contributed by atoms with van der Waals surface area (Å²) in [5, 5.41) is 5.86. The Balaban J connectivity index is 1.41. The normalized spacial score (nSPS) is 20.0. The molecule has 1 aromatic heterocycles. The molecule has 0 unspecified atom stereocenters. The Morgan fingerprint density at radius 2 is 1.84 bits per heavy atom. The van der Waals surface area contributed by atoms with E-state index in [0.29, 0.717) is 29.9 Å². The molecule has 2 aliphatic heterocycles. The highest BCUT2D eigenvalue weighted by atomic mass is 16.2. The van der Waals surface area contributed by atoms with Crippen LogP contribution in [0.4, 0.5) is 5.69 Å². The number of fused-ring (bicyclic) bond motifs is 2. The van der Waals surface area contributed by atoms with Crippen LogP contribution in [-0.2, 0) is 11.8 Å². The van der Waals surface area contributed by atoms with E-state index in [2.05, 4.69) is 10.6 Å². The molecular formula is C24H22N4O3. The van der Waals surface area contributed by atoms with E-state index in [4.69, 9.17) is 0 Å². The predicted octanol–water partition coefficient (Wildman–Crippen LogP) is 2.66. The van der Waals surface area contributed by atoms with Crippen molar-refractivity contribution in [3.63, 3.8) is 0 Å². The van der Waals surface area contributed by atoms with E-state index in [1.54, 1.807) is 40.9 Å². The third kappa shape index (κ3) is 3.38. The van der Waals surface area contributed by atoms with Crippen molar-refractivity contribution in [2.75, 3.05) is 11.9 Å². The Bertz CT molecular complexity index is 1180. The topological polar surface area (TPSA) is 83.4 Å². The molecule has 0 bridgehead atoms. The molecule has 31 heavy (non-hydrogen) atoms. The Morgan fingerprint density at radius 3 is 2.58 bits per heavy atom. The fourth-order valence-corrected chi connectivity index (χ4v) is 4.38. The lowest BCUT2D eigenvalue weighted by Crippen LogP contribution is -2.41. The third-order valence-electron chi connectivity index (χ3n) is 5.99. The number of carbonyl (C=O) groups is 3. The number of carbonyl (C=O) groups excluding carboxylic acids is 3. The van der Waals surface area contributed by atoms with Crippen molar-refractivity contribution in [1.82, 2.24) is 14.8 Å². The lowest BCUT2D eigenvalue weighted by atomic mass is 10.0. The molecule has 3 amide bonds. The smallest absolute Gasteiger partial charge is 0.268 e. The highest BCUT2D eigenvalue weighted by molar-refractivity contribution is 6.11. The number of amides is 3. The van der Waals surface area contributed by atoms with Crippen LogP contribution in [0, 0.1) is 0 Å². The maximum atomic E-state index is 13.4. The van der Waals surface area contributed by atoms with Gasteiger partial charge in [0.1, 0.15) is 11.7 Å². The molecule has 1 saturated heterocycles. The van der Waals surface area contributed by atoms with Gasteiger partial charge in [0.05, 0.1) is 11.3 Å². The lowest BCUT2D eigenvalue weighted by molar-refractivity contribution is -0.119. The molecule has 0 radical (unpaired) electrons. The average molecular weight is 414 g/mol. The highest BCUT2D eigenvalue weighted by Crippen LogP contribution is 2.32. The summed E-state index contributed by atoms with van der Waals surface area (Å²) in [4.78, 5) is 40.4. The predicted molar refractivity (Wildman–Crippen MR) is 117 cm³/mol. The first-order chi connectivity index (χ1) is 15.0. The molecule has 2 N–H and O–H groups in total. The first-order valence-electron chi connectivity index (χ1n) is 10.2. The largest absolute Gasteiger partial charge is 0.347 e. The highest BCUT2D eigenvalue weighted by Gasteiger charge is 2.43. The standard InChI is InChI=1S/C24H22N4O3/c1-27-11-5-8-20(27)22(29)25-17-13-21-23(30)26-19-10-9-16(15-6-3-2-4-7-15)12-18(19)24(31)28(21)14-17/h2-12,17,21H,13-14H2,1H3,(H,25,29)(H,26,30)/t17-,21-/m0/s1. The quantitative estimate of drug-likeness (QED) is 0.691. The summed E-state index contributed by atoms with van der Waals surface area (Å²) >= 11 is 0. The number of benzene rings is 2. The van der Waals surface area contributed by atoms with E-state index < -0.39 is 6.04 Å². The van der Waals surface area contributed by atoms with E-state index >= 15 is 0 Å². The number of aryl methyl sites for hydroxylation is 1. The van der Waals surface area contributed by atoms with Gasteiger partial charge in [-0.05, 0) is 41.8 Å². The van der Waals surface area contributed by atoms with Crippen molar-refractivity contribution in [2.45, 2.75) is 18.5 Å².